The predicted molar refractivity (Wildman–Crippen MR) is 93.1 cm³/mol. The highest BCUT2D eigenvalue weighted by molar-refractivity contribution is 7.14. The normalized spacial score (nSPS) is 14.9. The van der Waals surface area contributed by atoms with Crippen molar-refractivity contribution in [2.45, 2.75) is 6.42 Å². The van der Waals surface area contributed by atoms with Gasteiger partial charge in [0.25, 0.3) is 0 Å². The molecule has 0 saturated heterocycles. The smallest absolute Gasteiger partial charge is 0.203 e. The minimum Gasteiger partial charge on any atom is -0.294 e. The number of hydrogen-bond donors (Lipinski definition) is 1. The van der Waals surface area contributed by atoms with Gasteiger partial charge in [-0.1, -0.05) is 36.4 Å². The zero-order chi connectivity index (χ0) is 16.5. The standard InChI is InChI=1S/C18H12FN3OS/c19-12-5-3-4-11(8-12)16-10-24-18(20-16)22-21-15-9-17(23)14-7-2-1-6-13(14)15/h1-8,10H,9H2,(H,20,22)/b21-15+. The second-order valence-electron chi connectivity index (χ2n) is 5.36. The molecule has 0 fully saturated rings. The van der Waals surface area contributed by atoms with Crippen molar-refractivity contribution in [3.8, 4) is 11.3 Å². The number of fused-ring (bicyclic) bond motifs is 1. The van der Waals surface area contributed by atoms with Crippen LogP contribution in [0.15, 0.2) is 59.0 Å². The SMILES string of the molecule is O=C1C/C(=N\Nc2nc(-c3cccc(F)c3)cs2)c2ccccc21. The predicted octanol–water partition coefficient (Wildman–Crippen LogP) is 4.35. The summed E-state index contributed by atoms with van der Waals surface area (Å²) in [7, 11) is 0. The summed E-state index contributed by atoms with van der Waals surface area (Å²) >= 11 is 1.38. The van der Waals surface area contributed by atoms with Gasteiger partial charge in [0.15, 0.2) is 5.78 Å². The first-order valence-corrected chi connectivity index (χ1v) is 8.25. The van der Waals surface area contributed by atoms with Crippen molar-refractivity contribution in [3.05, 3.63) is 70.9 Å². The van der Waals surface area contributed by atoms with Crippen molar-refractivity contribution in [2.75, 3.05) is 5.43 Å². The molecule has 1 heterocycles. The number of thiazole rings is 1. The summed E-state index contributed by atoms with van der Waals surface area (Å²) in [6, 6.07) is 13.7. The van der Waals surface area contributed by atoms with Crippen LogP contribution in [0, 0.1) is 5.82 Å². The Labute approximate surface area is 141 Å². The molecule has 6 heteroatoms. The van der Waals surface area contributed by atoms with E-state index in [2.05, 4.69) is 15.5 Å². The number of carbonyl (C=O) groups excluding carboxylic acids is 1. The lowest BCUT2D eigenvalue weighted by atomic mass is 10.1. The topological polar surface area (TPSA) is 54.4 Å². The molecule has 1 aliphatic carbocycles. The average Bonchev–Trinajstić information content (AvgIpc) is 3.19. The van der Waals surface area contributed by atoms with E-state index in [0.717, 1.165) is 5.56 Å². The zero-order valence-corrected chi connectivity index (χ0v) is 13.3. The van der Waals surface area contributed by atoms with E-state index in [9.17, 15) is 9.18 Å². The Hall–Kier alpha value is -2.86. The van der Waals surface area contributed by atoms with E-state index in [1.165, 1.54) is 23.5 Å². The van der Waals surface area contributed by atoms with Crippen molar-refractivity contribution in [3.63, 3.8) is 0 Å². The number of Topliss-reactive ketones (excluding diaryl/α,β-unsaturated/α-hetero) is 1. The molecule has 1 N–H and O–H groups in total. The molecule has 4 nitrogen and oxygen atoms in total. The first kappa shape index (κ1) is 14.7. The van der Waals surface area contributed by atoms with Crippen LogP contribution in [-0.4, -0.2) is 16.5 Å². The fourth-order valence-electron chi connectivity index (χ4n) is 2.64. The molecule has 0 bridgehead atoms. The molecular weight excluding hydrogens is 325 g/mol. The summed E-state index contributed by atoms with van der Waals surface area (Å²) in [4.78, 5) is 16.4. The van der Waals surface area contributed by atoms with Gasteiger partial charge in [-0.2, -0.15) is 5.10 Å². The molecule has 3 aromatic rings. The van der Waals surface area contributed by atoms with Gasteiger partial charge in [-0.3, -0.25) is 10.2 Å². The molecule has 118 valence electrons. The number of hydrazone groups is 1. The number of rotatable bonds is 3. The van der Waals surface area contributed by atoms with E-state index in [1.807, 2.05) is 29.6 Å². The van der Waals surface area contributed by atoms with Crippen LogP contribution in [-0.2, 0) is 0 Å². The minimum absolute atomic E-state index is 0.0748. The van der Waals surface area contributed by atoms with Crippen LogP contribution in [0.1, 0.15) is 22.3 Å². The van der Waals surface area contributed by atoms with Crippen LogP contribution in [0.5, 0.6) is 0 Å². The second-order valence-corrected chi connectivity index (χ2v) is 6.22. The molecular formula is C18H12FN3OS. The number of benzene rings is 2. The minimum atomic E-state index is -0.295. The highest BCUT2D eigenvalue weighted by Gasteiger charge is 2.25. The van der Waals surface area contributed by atoms with E-state index in [0.29, 0.717) is 27.7 Å². The second kappa shape index (κ2) is 5.98. The Kier molecular flexibility index (Phi) is 3.66. The molecule has 2 aromatic carbocycles. The highest BCUT2D eigenvalue weighted by Crippen LogP contribution is 2.26. The van der Waals surface area contributed by atoms with Gasteiger partial charge in [-0.15, -0.1) is 11.3 Å². The van der Waals surface area contributed by atoms with Gasteiger partial charge in [-0.25, -0.2) is 9.37 Å². The zero-order valence-electron chi connectivity index (χ0n) is 12.5. The van der Waals surface area contributed by atoms with Gasteiger partial charge in [0.2, 0.25) is 5.13 Å². The number of nitrogens with zero attached hydrogens (tertiary/aromatic N) is 2. The van der Waals surface area contributed by atoms with Crippen LogP contribution in [0.25, 0.3) is 11.3 Å². The third kappa shape index (κ3) is 2.72. The molecule has 1 aromatic heterocycles. The molecule has 0 amide bonds. The van der Waals surface area contributed by atoms with Crippen LogP contribution in [0.2, 0.25) is 0 Å². The van der Waals surface area contributed by atoms with Crippen molar-refractivity contribution in [1.29, 1.82) is 0 Å². The lowest BCUT2D eigenvalue weighted by Gasteiger charge is -1.99. The Bertz CT molecular complexity index is 964. The molecule has 1 aliphatic rings. The first-order chi connectivity index (χ1) is 11.7. The van der Waals surface area contributed by atoms with Crippen LogP contribution < -0.4 is 5.43 Å². The average molecular weight is 337 g/mol. The van der Waals surface area contributed by atoms with Gasteiger partial charge >= 0.3 is 0 Å². The number of ketones is 1. The maximum absolute atomic E-state index is 13.3. The molecule has 4 rings (SSSR count). The molecule has 24 heavy (non-hydrogen) atoms. The van der Waals surface area contributed by atoms with Gasteiger partial charge in [0.1, 0.15) is 5.82 Å². The molecule has 0 radical (unpaired) electrons. The third-order valence-corrected chi connectivity index (χ3v) is 4.52. The van der Waals surface area contributed by atoms with Crippen molar-refractivity contribution in [1.82, 2.24) is 4.98 Å². The lowest BCUT2D eigenvalue weighted by molar-refractivity contribution is 0.101. The van der Waals surface area contributed by atoms with Gasteiger partial charge in [0, 0.05) is 22.1 Å². The third-order valence-electron chi connectivity index (χ3n) is 3.78. The number of aromatic nitrogens is 1. The van der Waals surface area contributed by atoms with E-state index in [4.69, 9.17) is 0 Å². The number of nitrogens with one attached hydrogen (secondary N) is 1. The largest absolute Gasteiger partial charge is 0.294 e. The molecule has 0 aliphatic heterocycles. The Morgan fingerprint density at radius 3 is 2.79 bits per heavy atom. The van der Waals surface area contributed by atoms with Gasteiger partial charge in [0.05, 0.1) is 17.8 Å². The number of carbonyl (C=O) groups is 1. The summed E-state index contributed by atoms with van der Waals surface area (Å²) in [5, 5.41) is 6.76. The summed E-state index contributed by atoms with van der Waals surface area (Å²) in [6.45, 7) is 0. The Balaban J connectivity index is 1.56. The van der Waals surface area contributed by atoms with Crippen LogP contribution in [0.4, 0.5) is 9.52 Å². The number of anilines is 1. The van der Waals surface area contributed by atoms with Crippen LogP contribution >= 0.6 is 11.3 Å². The molecule has 0 spiro atoms. The highest BCUT2D eigenvalue weighted by atomic mass is 32.1. The maximum atomic E-state index is 13.3. The van der Waals surface area contributed by atoms with Gasteiger partial charge < -0.3 is 0 Å². The summed E-state index contributed by atoms with van der Waals surface area (Å²) in [6.07, 6.45) is 0.286. The molecule has 0 unspecified atom stereocenters. The Morgan fingerprint density at radius 1 is 1.12 bits per heavy atom. The van der Waals surface area contributed by atoms with E-state index in [-0.39, 0.29) is 18.0 Å². The summed E-state index contributed by atoms with van der Waals surface area (Å²) < 4.78 is 13.3. The quantitative estimate of drug-likeness (QED) is 0.723. The van der Waals surface area contributed by atoms with Crippen LogP contribution in [0.3, 0.4) is 0 Å². The summed E-state index contributed by atoms with van der Waals surface area (Å²) in [5.74, 6) is -0.220. The van der Waals surface area contributed by atoms with Crippen molar-refractivity contribution in [2.24, 2.45) is 5.10 Å². The number of halogens is 1. The summed E-state index contributed by atoms with van der Waals surface area (Å²) in [5.41, 5.74) is 6.57. The maximum Gasteiger partial charge on any atom is 0.203 e. The fraction of sp³-hybridized carbons (Fsp3) is 0.0556. The van der Waals surface area contributed by atoms with E-state index in [1.54, 1.807) is 12.1 Å². The first-order valence-electron chi connectivity index (χ1n) is 7.37. The van der Waals surface area contributed by atoms with E-state index < -0.39 is 0 Å². The van der Waals surface area contributed by atoms with Crippen molar-refractivity contribution < 1.29 is 9.18 Å². The van der Waals surface area contributed by atoms with Gasteiger partial charge in [-0.05, 0) is 12.1 Å². The number of hydrogen-bond acceptors (Lipinski definition) is 5. The van der Waals surface area contributed by atoms with Crippen molar-refractivity contribution >= 4 is 28.0 Å². The lowest BCUT2D eigenvalue weighted by Crippen LogP contribution is -2.00. The fourth-order valence-corrected chi connectivity index (χ4v) is 3.30. The Morgan fingerprint density at radius 2 is 1.96 bits per heavy atom. The van der Waals surface area contributed by atoms with E-state index >= 15 is 0 Å². The molecule has 0 atom stereocenters. The monoisotopic (exact) mass is 337 g/mol. The molecule has 0 saturated carbocycles.